The summed E-state index contributed by atoms with van der Waals surface area (Å²) in [7, 11) is 0. The van der Waals surface area contributed by atoms with Crippen LogP contribution in [0.2, 0.25) is 0 Å². The highest BCUT2D eigenvalue weighted by molar-refractivity contribution is 5.36. The van der Waals surface area contributed by atoms with Gasteiger partial charge in [-0.25, -0.2) is 0 Å². The molecule has 0 bridgehead atoms. The van der Waals surface area contributed by atoms with Crippen LogP contribution in [0.25, 0.3) is 0 Å². The lowest BCUT2D eigenvalue weighted by Gasteiger charge is -2.18. The molecule has 0 amide bonds. The van der Waals surface area contributed by atoms with E-state index in [4.69, 9.17) is 0 Å². The van der Waals surface area contributed by atoms with Gasteiger partial charge in [0.05, 0.1) is 0 Å². The van der Waals surface area contributed by atoms with Crippen molar-refractivity contribution in [3.8, 4) is 0 Å². The average Bonchev–Trinajstić information content (AvgIpc) is 2.19. The Hall–Kier alpha value is -1.30. The average molecular weight is 169 g/mol. The number of allylic oxidation sites excluding steroid dienone is 3. The summed E-state index contributed by atoms with van der Waals surface area (Å²) in [6, 6.07) is 8.59. The smallest absolute Gasteiger partial charge is 0.0126 e. The Kier molecular flexibility index (Phi) is 2.31. The maximum atomic E-state index is 3.77. The molecule has 1 radical (unpaired) electrons. The predicted molar refractivity (Wildman–Crippen MR) is 55.5 cm³/mol. The fraction of sp³-hybridized carbons (Fsp3) is 0.231. The van der Waals surface area contributed by atoms with E-state index in [1.165, 1.54) is 11.1 Å². The maximum absolute atomic E-state index is 3.77. The summed E-state index contributed by atoms with van der Waals surface area (Å²) >= 11 is 0. The number of hydrogen-bond acceptors (Lipinski definition) is 0. The van der Waals surface area contributed by atoms with Crippen LogP contribution in [0.4, 0.5) is 0 Å². The summed E-state index contributed by atoms with van der Waals surface area (Å²) in [6.07, 6.45) is 9.51. The molecule has 0 aliphatic heterocycles. The second-order valence-corrected chi connectivity index (χ2v) is 3.35. The lowest BCUT2D eigenvalue weighted by molar-refractivity contribution is 0.806. The van der Waals surface area contributed by atoms with E-state index in [0.717, 1.165) is 12.8 Å². The molecule has 0 fully saturated rings. The molecule has 0 spiro atoms. The summed E-state index contributed by atoms with van der Waals surface area (Å²) in [4.78, 5) is 0. The van der Waals surface area contributed by atoms with Crippen molar-refractivity contribution in [2.45, 2.75) is 18.8 Å². The SMILES string of the molecule is C=CCC1[C]=CCc2ccccc21. The highest BCUT2D eigenvalue weighted by Gasteiger charge is 2.13. The number of benzene rings is 1. The van der Waals surface area contributed by atoms with Crippen molar-refractivity contribution in [1.82, 2.24) is 0 Å². The predicted octanol–water partition coefficient (Wildman–Crippen LogP) is 3.26. The Bertz CT molecular complexity index is 334. The summed E-state index contributed by atoms with van der Waals surface area (Å²) in [6.45, 7) is 3.77. The van der Waals surface area contributed by atoms with Crippen LogP contribution >= 0.6 is 0 Å². The largest absolute Gasteiger partial charge is 0.103 e. The van der Waals surface area contributed by atoms with Crippen LogP contribution in [0.15, 0.2) is 43.0 Å². The number of rotatable bonds is 2. The first-order valence-electron chi connectivity index (χ1n) is 4.68. The minimum absolute atomic E-state index is 0.433. The lowest BCUT2D eigenvalue weighted by atomic mass is 9.86. The van der Waals surface area contributed by atoms with E-state index in [9.17, 15) is 0 Å². The van der Waals surface area contributed by atoms with E-state index in [-0.39, 0.29) is 0 Å². The minimum atomic E-state index is 0.433. The van der Waals surface area contributed by atoms with Gasteiger partial charge >= 0.3 is 0 Å². The highest BCUT2D eigenvalue weighted by atomic mass is 14.2. The van der Waals surface area contributed by atoms with Crippen LogP contribution in [-0.2, 0) is 6.42 Å². The van der Waals surface area contributed by atoms with Crippen LogP contribution < -0.4 is 0 Å². The maximum Gasteiger partial charge on any atom is 0.0126 e. The molecule has 1 aromatic carbocycles. The zero-order valence-corrected chi connectivity index (χ0v) is 7.66. The minimum Gasteiger partial charge on any atom is -0.103 e. The van der Waals surface area contributed by atoms with E-state index < -0.39 is 0 Å². The van der Waals surface area contributed by atoms with E-state index in [0.29, 0.717) is 5.92 Å². The Morgan fingerprint density at radius 1 is 1.46 bits per heavy atom. The van der Waals surface area contributed by atoms with Gasteiger partial charge in [-0.2, -0.15) is 0 Å². The fourth-order valence-electron chi connectivity index (χ4n) is 1.82. The van der Waals surface area contributed by atoms with Gasteiger partial charge in [0.15, 0.2) is 0 Å². The highest BCUT2D eigenvalue weighted by Crippen LogP contribution is 2.28. The van der Waals surface area contributed by atoms with E-state index in [1.807, 2.05) is 6.08 Å². The van der Waals surface area contributed by atoms with Crippen molar-refractivity contribution in [3.05, 3.63) is 60.2 Å². The van der Waals surface area contributed by atoms with Gasteiger partial charge in [0, 0.05) is 5.92 Å². The normalized spacial score (nSPS) is 19.5. The van der Waals surface area contributed by atoms with E-state index in [2.05, 4.69) is 43.0 Å². The van der Waals surface area contributed by atoms with Gasteiger partial charge in [-0.05, 0) is 30.0 Å². The molecule has 1 unspecified atom stereocenters. The monoisotopic (exact) mass is 169 g/mol. The Balaban J connectivity index is 2.36. The molecule has 65 valence electrons. The molecular formula is C13H13. The molecule has 0 N–H and O–H groups in total. The summed E-state index contributed by atoms with van der Waals surface area (Å²) in [5, 5.41) is 0. The molecule has 1 aromatic rings. The van der Waals surface area contributed by atoms with Crippen LogP contribution in [0.3, 0.4) is 0 Å². The van der Waals surface area contributed by atoms with Gasteiger partial charge in [-0.3, -0.25) is 0 Å². The molecule has 0 heterocycles. The Labute approximate surface area is 79.6 Å². The third-order valence-electron chi connectivity index (χ3n) is 2.47. The van der Waals surface area contributed by atoms with Crippen molar-refractivity contribution in [3.63, 3.8) is 0 Å². The Morgan fingerprint density at radius 3 is 3.15 bits per heavy atom. The first-order chi connectivity index (χ1) is 6.42. The fourth-order valence-corrected chi connectivity index (χ4v) is 1.82. The number of fused-ring (bicyclic) bond motifs is 1. The third-order valence-corrected chi connectivity index (χ3v) is 2.47. The molecule has 2 rings (SSSR count). The molecule has 0 saturated carbocycles. The molecule has 1 atom stereocenters. The zero-order valence-electron chi connectivity index (χ0n) is 7.66. The molecule has 0 aromatic heterocycles. The first kappa shape index (κ1) is 8.31. The summed E-state index contributed by atoms with van der Waals surface area (Å²) in [5.41, 5.74) is 2.86. The van der Waals surface area contributed by atoms with Crippen LogP contribution in [0.5, 0.6) is 0 Å². The summed E-state index contributed by atoms with van der Waals surface area (Å²) in [5.74, 6) is 0.433. The molecule has 13 heavy (non-hydrogen) atoms. The van der Waals surface area contributed by atoms with Crippen molar-refractivity contribution >= 4 is 0 Å². The second kappa shape index (κ2) is 3.61. The van der Waals surface area contributed by atoms with Gasteiger partial charge in [0.2, 0.25) is 0 Å². The van der Waals surface area contributed by atoms with Crippen molar-refractivity contribution in [1.29, 1.82) is 0 Å². The number of hydrogen-bond donors (Lipinski definition) is 0. The van der Waals surface area contributed by atoms with Crippen molar-refractivity contribution in [2.75, 3.05) is 0 Å². The topological polar surface area (TPSA) is 0 Å². The lowest BCUT2D eigenvalue weighted by Crippen LogP contribution is -2.04. The van der Waals surface area contributed by atoms with Gasteiger partial charge in [0.1, 0.15) is 0 Å². The second-order valence-electron chi connectivity index (χ2n) is 3.35. The van der Waals surface area contributed by atoms with Crippen LogP contribution in [-0.4, -0.2) is 0 Å². The van der Waals surface area contributed by atoms with Gasteiger partial charge < -0.3 is 0 Å². The first-order valence-corrected chi connectivity index (χ1v) is 4.68. The van der Waals surface area contributed by atoms with Crippen molar-refractivity contribution < 1.29 is 0 Å². The summed E-state index contributed by atoms with van der Waals surface area (Å²) < 4.78 is 0. The van der Waals surface area contributed by atoms with Gasteiger partial charge in [0.25, 0.3) is 0 Å². The molecule has 1 aliphatic carbocycles. The van der Waals surface area contributed by atoms with Crippen LogP contribution in [0, 0.1) is 6.08 Å². The van der Waals surface area contributed by atoms with Gasteiger partial charge in [-0.1, -0.05) is 36.4 Å². The molecule has 0 heteroatoms. The van der Waals surface area contributed by atoms with Crippen LogP contribution in [0.1, 0.15) is 23.5 Å². The zero-order chi connectivity index (χ0) is 9.10. The standard InChI is InChI=1S/C13H13/c1-2-6-11-8-5-9-12-7-3-4-10-13(11)12/h2-5,7,10-11H,1,6,9H2. The molecular weight excluding hydrogens is 156 g/mol. The molecule has 0 nitrogen and oxygen atoms in total. The molecule has 1 aliphatic rings. The van der Waals surface area contributed by atoms with Crippen molar-refractivity contribution in [2.24, 2.45) is 0 Å². The quantitative estimate of drug-likeness (QED) is 0.596. The van der Waals surface area contributed by atoms with E-state index >= 15 is 0 Å². The van der Waals surface area contributed by atoms with Gasteiger partial charge in [-0.15, -0.1) is 6.58 Å². The third kappa shape index (κ3) is 1.57. The molecule has 0 saturated heterocycles. The Morgan fingerprint density at radius 2 is 2.31 bits per heavy atom. The van der Waals surface area contributed by atoms with E-state index in [1.54, 1.807) is 0 Å².